The lowest BCUT2D eigenvalue weighted by Gasteiger charge is -2.28. The van der Waals surface area contributed by atoms with Gasteiger partial charge in [0.15, 0.2) is 0 Å². The fraction of sp³-hybridized carbons (Fsp3) is 0.923. The van der Waals surface area contributed by atoms with E-state index >= 15 is 0 Å². The van der Waals surface area contributed by atoms with Crippen molar-refractivity contribution in [1.82, 2.24) is 5.32 Å². The van der Waals surface area contributed by atoms with Gasteiger partial charge >= 0.3 is 0 Å². The van der Waals surface area contributed by atoms with Crippen LogP contribution in [-0.4, -0.2) is 23.7 Å². The SMILES string of the molecule is O=C(NC[C@@H](O)C1CCCCC1)C1CCC1. The third-order valence-corrected chi connectivity index (χ3v) is 4.16. The first-order chi connectivity index (χ1) is 7.77. The van der Waals surface area contributed by atoms with Gasteiger partial charge in [-0.1, -0.05) is 25.7 Å². The first-order valence-electron chi connectivity index (χ1n) is 6.73. The molecule has 1 atom stereocenters. The van der Waals surface area contributed by atoms with Crippen molar-refractivity contribution < 1.29 is 9.90 Å². The van der Waals surface area contributed by atoms with Gasteiger partial charge in [-0.05, 0) is 31.6 Å². The van der Waals surface area contributed by atoms with Crippen molar-refractivity contribution >= 4 is 5.91 Å². The van der Waals surface area contributed by atoms with Crippen molar-refractivity contribution in [2.45, 2.75) is 57.5 Å². The molecule has 0 bridgehead atoms. The van der Waals surface area contributed by atoms with Gasteiger partial charge in [0.1, 0.15) is 0 Å². The summed E-state index contributed by atoms with van der Waals surface area (Å²) < 4.78 is 0. The van der Waals surface area contributed by atoms with Crippen molar-refractivity contribution in [3.05, 3.63) is 0 Å². The Morgan fingerprint density at radius 1 is 1.12 bits per heavy atom. The Bertz CT molecular complexity index is 232. The monoisotopic (exact) mass is 225 g/mol. The maximum atomic E-state index is 11.6. The highest BCUT2D eigenvalue weighted by Crippen LogP contribution is 2.27. The maximum absolute atomic E-state index is 11.6. The number of amides is 1. The largest absolute Gasteiger partial charge is 0.391 e. The second kappa shape index (κ2) is 5.67. The highest BCUT2D eigenvalue weighted by atomic mass is 16.3. The molecule has 1 amide bonds. The van der Waals surface area contributed by atoms with Gasteiger partial charge in [-0.2, -0.15) is 0 Å². The zero-order chi connectivity index (χ0) is 11.4. The van der Waals surface area contributed by atoms with E-state index in [0.717, 1.165) is 25.7 Å². The van der Waals surface area contributed by atoms with E-state index in [2.05, 4.69) is 5.32 Å². The van der Waals surface area contributed by atoms with Gasteiger partial charge < -0.3 is 10.4 Å². The first kappa shape index (κ1) is 11.9. The number of nitrogens with one attached hydrogen (secondary N) is 1. The Kier molecular flexibility index (Phi) is 4.22. The van der Waals surface area contributed by atoms with Gasteiger partial charge in [0.05, 0.1) is 6.10 Å². The summed E-state index contributed by atoms with van der Waals surface area (Å²) in [4.78, 5) is 11.6. The minimum Gasteiger partial charge on any atom is -0.391 e. The molecule has 0 spiro atoms. The summed E-state index contributed by atoms with van der Waals surface area (Å²) in [6.45, 7) is 0.458. The van der Waals surface area contributed by atoms with Crippen LogP contribution in [0.2, 0.25) is 0 Å². The molecule has 0 radical (unpaired) electrons. The van der Waals surface area contributed by atoms with Crippen LogP contribution >= 0.6 is 0 Å². The first-order valence-corrected chi connectivity index (χ1v) is 6.73. The number of aliphatic hydroxyl groups excluding tert-OH is 1. The van der Waals surface area contributed by atoms with E-state index < -0.39 is 0 Å². The summed E-state index contributed by atoms with van der Waals surface area (Å²) in [6.07, 6.45) is 8.94. The number of rotatable bonds is 4. The lowest BCUT2D eigenvalue weighted by molar-refractivity contribution is -0.128. The zero-order valence-corrected chi connectivity index (χ0v) is 9.95. The number of carbonyl (C=O) groups excluding carboxylic acids is 1. The molecule has 2 fully saturated rings. The third kappa shape index (κ3) is 2.97. The Morgan fingerprint density at radius 2 is 1.81 bits per heavy atom. The summed E-state index contributed by atoms with van der Waals surface area (Å²) in [5, 5.41) is 12.9. The molecule has 0 aromatic carbocycles. The zero-order valence-electron chi connectivity index (χ0n) is 9.95. The van der Waals surface area contributed by atoms with Crippen LogP contribution in [0.3, 0.4) is 0 Å². The normalized spacial score (nSPS) is 24.8. The third-order valence-electron chi connectivity index (χ3n) is 4.16. The number of hydrogen-bond donors (Lipinski definition) is 2. The molecule has 16 heavy (non-hydrogen) atoms. The molecule has 0 aromatic heterocycles. The van der Waals surface area contributed by atoms with E-state index in [-0.39, 0.29) is 17.9 Å². The van der Waals surface area contributed by atoms with E-state index in [1.165, 1.54) is 25.7 Å². The van der Waals surface area contributed by atoms with E-state index in [1.54, 1.807) is 0 Å². The molecule has 92 valence electrons. The predicted octanol–water partition coefficient (Wildman–Crippen LogP) is 1.84. The van der Waals surface area contributed by atoms with Crippen molar-refractivity contribution in [3.8, 4) is 0 Å². The summed E-state index contributed by atoms with van der Waals surface area (Å²) in [5.41, 5.74) is 0. The predicted molar refractivity (Wildman–Crippen MR) is 62.9 cm³/mol. The fourth-order valence-corrected chi connectivity index (χ4v) is 2.71. The molecular formula is C13H23NO2. The van der Waals surface area contributed by atoms with E-state index in [9.17, 15) is 9.90 Å². The molecule has 0 unspecified atom stereocenters. The number of hydrogen-bond acceptors (Lipinski definition) is 2. The Hall–Kier alpha value is -0.570. The van der Waals surface area contributed by atoms with Gasteiger partial charge in [0.25, 0.3) is 0 Å². The quantitative estimate of drug-likeness (QED) is 0.767. The standard InChI is InChI=1S/C13H23NO2/c15-12(10-5-2-1-3-6-10)9-14-13(16)11-7-4-8-11/h10-12,15H,1-9H2,(H,14,16)/t12-/m1/s1. The average molecular weight is 225 g/mol. The Labute approximate surface area is 97.6 Å². The van der Waals surface area contributed by atoms with Crippen LogP contribution in [0, 0.1) is 11.8 Å². The molecule has 2 N–H and O–H groups in total. The topological polar surface area (TPSA) is 49.3 Å². The Morgan fingerprint density at radius 3 is 2.38 bits per heavy atom. The molecule has 3 nitrogen and oxygen atoms in total. The van der Waals surface area contributed by atoms with Crippen molar-refractivity contribution in [1.29, 1.82) is 0 Å². The molecule has 2 rings (SSSR count). The average Bonchev–Trinajstić information content (AvgIpc) is 2.25. The number of aliphatic hydroxyl groups is 1. The smallest absolute Gasteiger partial charge is 0.223 e. The van der Waals surface area contributed by atoms with Crippen LogP contribution in [0.4, 0.5) is 0 Å². The molecule has 3 heteroatoms. The minimum atomic E-state index is -0.329. The van der Waals surface area contributed by atoms with Crippen molar-refractivity contribution in [2.75, 3.05) is 6.54 Å². The van der Waals surface area contributed by atoms with Gasteiger partial charge in [-0.15, -0.1) is 0 Å². The van der Waals surface area contributed by atoms with Crippen molar-refractivity contribution in [2.24, 2.45) is 11.8 Å². The van der Waals surface area contributed by atoms with Crippen LogP contribution in [0.25, 0.3) is 0 Å². The molecular weight excluding hydrogens is 202 g/mol. The number of carbonyl (C=O) groups is 1. The summed E-state index contributed by atoms with van der Waals surface area (Å²) >= 11 is 0. The van der Waals surface area contributed by atoms with E-state index in [0.29, 0.717) is 12.5 Å². The lowest BCUT2D eigenvalue weighted by Crippen LogP contribution is -2.41. The summed E-state index contributed by atoms with van der Waals surface area (Å²) in [6, 6.07) is 0. The van der Waals surface area contributed by atoms with Gasteiger partial charge in [0.2, 0.25) is 5.91 Å². The molecule has 0 saturated heterocycles. The second-order valence-electron chi connectivity index (χ2n) is 5.34. The van der Waals surface area contributed by atoms with Gasteiger partial charge in [-0.3, -0.25) is 4.79 Å². The lowest BCUT2D eigenvalue weighted by atomic mass is 9.84. The highest BCUT2D eigenvalue weighted by Gasteiger charge is 2.27. The Balaban J connectivity index is 1.65. The van der Waals surface area contributed by atoms with Crippen LogP contribution in [0.1, 0.15) is 51.4 Å². The molecule has 0 heterocycles. The van der Waals surface area contributed by atoms with Crippen LogP contribution in [-0.2, 0) is 4.79 Å². The maximum Gasteiger partial charge on any atom is 0.223 e. The molecule has 2 saturated carbocycles. The minimum absolute atomic E-state index is 0.154. The molecule has 2 aliphatic carbocycles. The molecule has 2 aliphatic rings. The van der Waals surface area contributed by atoms with Crippen LogP contribution in [0.15, 0.2) is 0 Å². The molecule has 0 aromatic rings. The highest BCUT2D eigenvalue weighted by molar-refractivity contribution is 5.79. The summed E-state index contributed by atoms with van der Waals surface area (Å²) in [5.74, 6) is 0.801. The van der Waals surface area contributed by atoms with Crippen molar-refractivity contribution in [3.63, 3.8) is 0 Å². The molecule has 0 aliphatic heterocycles. The van der Waals surface area contributed by atoms with E-state index in [4.69, 9.17) is 0 Å². The van der Waals surface area contributed by atoms with Crippen LogP contribution < -0.4 is 5.32 Å². The fourth-order valence-electron chi connectivity index (χ4n) is 2.71. The second-order valence-corrected chi connectivity index (χ2v) is 5.34. The van der Waals surface area contributed by atoms with E-state index in [1.807, 2.05) is 0 Å². The van der Waals surface area contributed by atoms with Gasteiger partial charge in [-0.25, -0.2) is 0 Å². The summed E-state index contributed by atoms with van der Waals surface area (Å²) in [7, 11) is 0. The van der Waals surface area contributed by atoms with Crippen LogP contribution in [0.5, 0.6) is 0 Å². The van der Waals surface area contributed by atoms with Gasteiger partial charge in [0, 0.05) is 12.5 Å².